The van der Waals surface area contributed by atoms with Crippen molar-refractivity contribution in [1.82, 2.24) is 4.48 Å². The molecule has 0 amide bonds. The first kappa shape index (κ1) is 18.5. The Balaban J connectivity index is 2.01. The number of anilines is 1. The van der Waals surface area contributed by atoms with Gasteiger partial charge in [-0.3, -0.25) is 4.48 Å². The molecular formula is C24H26N3Si+. The number of hydrogen-bond acceptors (Lipinski definition) is 1. The Morgan fingerprint density at radius 2 is 1.54 bits per heavy atom. The van der Waals surface area contributed by atoms with Crippen molar-refractivity contribution in [2.75, 3.05) is 25.3 Å². The molecular weight excluding hydrogens is 358 g/mol. The first-order valence-corrected chi connectivity index (χ1v) is 12.6. The molecule has 0 aromatic heterocycles. The quantitative estimate of drug-likeness (QED) is 0.328. The van der Waals surface area contributed by atoms with Crippen molar-refractivity contribution in [3.63, 3.8) is 0 Å². The van der Waals surface area contributed by atoms with E-state index in [1.54, 1.807) is 0 Å². The summed E-state index contributed by atoms with van der Waals surface area (Å²) in [5.74, 6) is 0. The summed E-state index contributed by atoms with van der Waals surface area (Å²) in [5.41, 5.74) is 5.75. The summed E-state index contributed by atoms with van der Waals surface area (Å²) in [7, 11) is 2.55. The topological polar surface area (TPSA) is 7.60 Å². The van der Waals surface area contributed by atoms with Crippen molar-refractivity contribution >= 4 is 30.5 Å². The van der Waals surface area contributed by atoms with Gasteiger partial charge in [-0.2, -0.15) is 0 Å². The highest BCUT2D eigenvalue weighted by Gasteiger charge is 2.47. The molecule has 0 N–H and O–H groups in total. The summed E-state index contributed by atoms with van der Waals surface area (Å²) < 4.78 is 3.36. The van der Waals surface area contributed by atoms with E-state index in [0.717, 1.165) is 16.8 Å². The maximum Gasteiger partial charge on any atom is 0.193 e. The molecule has 0 spiro atoms. The van der Waals surface area contributed by atoms with Gasteiger partial charge in [0.2, 0.25) is 0 Å². The number of benzene rings is 3. The first-order valence-electron chi connectivity index (χ1n) is 9.62. The molecule has 0 fully saturated rings. The van der Waals surface area contributed by atoms with Crippen LogP contribution in [0, 0.1) is 6.57 Å². The van der Waals surface area contributed by atoms with E-state index in [4.69, 9.17) is 6.57 Å². The number of nitrogens with zero attached hydrogens (tertiary/aromatic N) is 3. The van der Waals surface area contributed by atoms with Crippen molar-refractivity contribution in [1.29, 1.82) is 0 Å². The van der Waals surface area contributed by atoms with Crippen LogP contribution < -0.4 is 14.2 Å². The third-order valence-corrected chi connectivity index (χ3v) is 9.26. The van der Waals surface area contributed by atoms with Gasteiger partial charge in [-0.25, -0.2) is 4.85 Å². The van der Waals surface area contributed by atoms with E-state index < -0.39 is 8.24 Å². The lowest BCUT2D eigenvalue weighted by atomic mass is 10.0. The summed E-state index contributed by atoms with van der Waals surface area (Å²) in [6, 6.07) is 25.4. The van der Waals surface area contributed by atoms with Crippen LogP contribution in [0.15, 0.2) is 72.8 Å². The Morgan fingerprint density at radius 1 is 0.929 bits per heavy atom. The largest absolute Gasteiger partial charge is 0.349 e. The zero-order valence-electron chi connectivity index (χ0n) is 17.0. The molecule has 0 saturated carbocycles. The summed E-state index contributed by atoms with van der Waals surface area (Å²) in [4.78, 5) is 3.82. The molecule has 0 unspecified atom stereocenters. The van der Waals surface area contributed by atoms with Gasteiger partial charge in [-0.15, -0.1) is 0 Å². The van der Waals surface area contributed by atoms with Gasteiger partial charge < -0.3 is 4.57 Å². The highest BCUT2D eigenvalue weighted by atomic mass is 28.3. The van der Waals surface area contributed by atoms with Crippen LogP contribution in [0.25, 0.3) is 16.0 Å². The van der Waals surface area contributed by atoms with Crippen LogP contribution in [0.4, 0.5) is 17.1 Å². The fourth-order valence-electron chi connectivity index (χ4n) is 4.40. The predicted molar refractivity (Wildman–Crippen MR) is 123 cm³/mol. The van der Waals surface area contributed by atoms with Crippen LogP contribution in [-0.2, 0) is 0 Å². The molecule has 0 saturated heterocycles. The molecule has 3 aromatic rings. The average Bonchev–Trinajstić information content (AvgIpc) is 2.71. The molecule has 4 rings (SSSR count). The van der Waals surface area contributed by atoms with Crippen LogP contribution in [0.1, 0.15) is 0 Å². The van der Waals surface area contributed by atoms with Gasteiger partial charge in [0.1, 0.15) is 5.69 Å². The van der Waals surface area contributed by atoms with Crippen molar-refractivity contribution in [3.8, 4) is 11.1 Å². The van der Waals surface area contributed by atoms with Crippen LogP contribution >= 0.6 is 0 Å². The Morgan fingerprint density at radius 3 is 2.14 bits per heavy atom. The van der Waals surface area contributed by atoms with Gasteiger partial charge in [0.15, 0.2) is 20.6 Å². The van der Waals surface area contributed by atoms with E-state index in [-0.39, 0.29) is 0 Å². The molecule has 0 radical (unpaired) electrons. The van der Waals surface area contributed by atoms with Gasteiger partial charge in [-0.1, -0.05) is 48.5 Å². The van der Waals surface area contributed by atoms with E-state index in [2.05, 4.69) is 103 Å². The molecule has 1 heterocycles. The molecule has 140 valence electrons. The minimum absolute atomic E-state index is 0.730. The third kappa shape index (κ3) is 2.93. The lowest BCUT2D eigenvalue weighted by Crippen LogP contribution is -2.71. The zero-order valence-corrected chi connectivity index (χ0v) is 18.0. The summed E-state index contributed by atoms with van der Waals surface area (Å²) in [5, 5.41) is 1.36. The molecule has 1 aliphatic rings. The van der Waals surface area contributed by atoms with E-state index in [0.29, 0.717) is 0 Å². The van der Waals surface area contributed by atoms with Crippen LogP contribution in [0.5, 0.6) is 0 Å². The summed E-state index contributed by atoms with van der Waals surface area (Å²) >= 11 is 0. The van der Waals surface area contributed by atoms with Gasteiger partial charge in [0.25, 0.3) is 0 Å². The van der Waals surface area contributed by atoms with Crippen molar-refractivity contribution in [2.24, 2.45) is 0 Å². The monoisotopic (exact) mass is 384 g/mol. The van der Waals surface area contributed by atoms with Crippen LogP contribution in [0.2, 0.25) is 13.1 Å². The molecule has 0 atom stereocenters. The average molecular weight is 385 g/mol. The van der Waals surface area contributed by atoms with E-state index in [9.17, 15) is 0 Å². The highest BCUT2D eigenvalue weighted by molar-refractivity contribution is 6.94. The Labute approximate surface area is 169 Å². The number of rotatable bonds is 2. The number of para-hydroxylation sites is 1. The van der Waals surface area contributed by atoms with Gasteiger partial charge >= 0.3 is 0 Å². The van der Waals surface area contributed by atoms with Crippen LogP contribution in [0.3, 0.4) is 0 Å². The number of hydrogen-bond donors (Lipinski definition) is 0. The van der Waals surface area contributed by atoms with Crippen molar-refractivity contribution in [2.45, 2.75) is 13.1 Å². The normalized spacial score (nSPS) is 16.9. The Bertz CT molecular complexity index is 1050. The molecule has 3 aromatic carbocycles. The molecule has 3 nitrogen and oxygen atoms in total. The van der Waals surface area contributed by atoms with Gasteiger partial charge in [0, 0.05) is 16.4 Å². The molecule has 4 heteroatoms. The van der Waals surface area contributed by atoms with Crippen LogP contribution in [-0.4, -0.2) is 29.0 Å². The number of quaternary nitrogens is 1. The Hall–Kier alpha value is -2.87. The predicted octanol–water partition coefficient (Wildman–Crippen LogP) is 5.36. The van der Waals surface area contributed by atoms with E-state index in [1.807, 2.05) is 6.07 Å². The molecule has 0 aliphatic carbocycles. The van der Waals surface area contributed by atoms with Crippen molar-refractivity contribution in [3.05, 3.63) is 84.2 Å². The standard InChI is InChI=1S/C24H26N3Si/c1-25-20-16-22(19-12-8-6-9-13-19)24-23(17-20)28(4,5)26(18-27(24,2)3)21-14-10-7-11-15-21/h6-17H,18H2,2-5H3/q+1. The molecule has 0 bridgehead atoms. The fraction of sp³-hybridized carbons (Fsp3) is 0.208. The van der Waals surface area contributed by atoms with Gasteiger partial charge in [0.05, 0.1) is 20.7 Å². The maximum atomic E-state index is 7.68. The molecule has 1 aliphatic heterocycles. The fourth-order valence-corrected chi connectivity index (χ4v) is 7.71. The smallest absolute Gasteiger partial charge is 0.193 e. The zero-order chi connectivity index (χ0) is 19.9. The lowest BCUT2D eigenvalue weighted by molar-refractivity contribution is 0.408. The second kappa shape index (κ2) is 6.63. The summed E-state index contributed by atoms with van der Waals surface area (Å²) in [6.07, 6.45) is 0. The summed E-state index contributed by atoms with van der Waals surface area (Å²) in [6.45, 7) is 13.4. The second-order valence-electron chi connectivity index (χ2n) is 8.52. The third-order valence-electron chi connectivity index (χ3n) is 5.81. The maximum absolute atomic E-state index is 7.68. The number of fused-ring (bicyclic) bond motifs is 1. The molecule has 28 heavy (non-hydrogen) atoms. The SMILES string of the molecule is [C-]#[N+]c1cc(-c2ccccc2)c2c(c1)[Si](C)(C)N(c1ccccc1)C[N+]2(C)C. The first-order chi connectivity index (χ1) is 13.3. The lowest BCUT2D eigenvalue weighted by Gasteiger charge is -2.50. The minimum atomic E-state index is -2.01. The Kier molecular flexibility index (Phi) is 4.38. The van der Waals surface area contributed by atoms with Gasteiger partial charge in [-0.05, 0) is 42.9 Å². The van der Waals surface area contributed by atoms with E-state index in [1.165, 1.54) is 27.7 Å². The highest BCUT2D eigenvalue weighted by Crippen LogP contribution is 2.41. The minimum Gasteiger partial charge on any atom is -0.349 e. The second-order valence-corrected chi connectivity index (χ2v) is 12.7. The van der Waals surface area contributed by atoms with E-state index >= 15 is 0 Å². The van der Waals surface area contributed by atoms with Crippen molar-refractivity contribution < 1.29 is 0 Å².